The lowest BCUT2D eigenvalue weighted by Gasteiger charge is -2.35. The molecule has 1 saturated heterocycles. The molecule has 3 nitrogen and oxygen atoms in total. The minimum Gasteiger partial charge on any atom is -0.342 e. The van der Waals surface area contributed by atoms with Gasteiger partial charge in [0.05, 0.1) is 0 Å². The third-order valence-electron chi connectivity index (χ3n) is 5.05. The molecule has 0 bridgehead atoms. The van der Waals surface area contributed by atoms with Crippen LogP contribution in [0.15, 0.2) is 0 Å². The second-order valence-corrected chi connectivity index (χ2v) is 6.64. The van der Waals surface area contributed by atoms with Crippen LogP contribution >= 0.6 is 0 Å². The first kappa shape index (κ1) is 14.8. The van der Waals surface area contributed by atoms with Crippen molar-refractivity contribution in [3.63, 3.8) is 0 Å². The van der Waals surface area contributed by atoms with E-state index in [1.54, 1.807) is 0 Å². The van der Waals surface area contributed by atoms with Crippen LogP contribution in [0.3, 0.4) is 0 Å². The van der Waals surface area contributed by atoms with Crippen LogP contribution in [-0.2, 0) is 4.79 Å². The Morgan fingerprint density at radius 2 is 1.95 bits per heavy atom. The minimum atomic E-state index is 0.217. The topological polar surface area (TPSA) is 46.3 Å². The number of piperidine rings is 1. The number of carbonyl (C=O) groups is 1. The SMILES string of the molecule is CC(N)C1CCCN(C(=O)CCC2CCCCC2)C1. The average Bonchev–Trinajstić information content (AvgIpc) is 2.46. The van der Waals surface area contributed by atoms with Gasteiger partial charge in [-0.05, 0) is 38.0 Å². The molecule has 1 amide bonds. The Kier molecular flexibility index (Phi) is 5.68. The van der Waals surface area contributed by atoms with Gasteiger partial charge >= 0.3 is 0 Å². The van der Waals surface area contributed by atoms with Crippen LogP contribution < -0.4 is 5.73 Å². The number of carbonyl (C=O) groups excluding carboxylic acids is 1. The molecule has 1 aliphatic heterocycles. The standard InChI is InChI=1S/C16H30N2O/c1-13(17)15-8-5-11-18(12-15)16(19)10-9-14-6-3-2-4-7-14/h13-15H,2-12,17H2,1H3. The zero-order valence-corrected chi connectivity index (χ0v) is 12.4. The van der Waals surface area contributed by atoms with Crippen molar-refractivity contribution in [2.75, 3.05) is 13.1 Å². The Balaban J connectivity index is 1.72. The highest BCUT2D eigenvalue weighted by Gasteiger charge is 2.26. The second-order valence-electron chi connectivity index (χ2n) is 6.64. The minimum absolute atomic E-state index is 0.217. The molecule has 0 radical (unpaired) electrons. The molecule has 0 aromatic carbocycles. The van der Waals surface area contributed by atoms with Crippen LogP contribution in [-0.4, -0.2) is 29.9 Å². The molecular weight excluding hydrogens is 236 g/mol. The van der Waals surface area contributed by atoms with E-state index in [-0.39, 0.29) is 6.04 Å². The van der Waals surface area contributed by atoms with Gasteiger partial charge in [0.15, 0.2) is 0 Å². The quantitative estimate of drug-likeness (QED) is 0.850. The number of amides is 1. The monoisotopic (exact) mass is 266 g/mol. The molecule has 0 aromatic heterocycles. The van der Waals surface area contributed by atoms with Crippen LogP contribution in [0.2, 0.25) is 0 Å². The van der Waals surface area contributed by atoms with Gasteiger partial charge in [0.2, 0.25) is 5.91 Å². The Labute approximate surface area is 117 Å². The lowest BCUT2D eigenvalue weighted by atomic mass is 9.86. The molecule has 2 unspecified atom stereocenters. The lowest BCUT2D eigenvalue weighted by Crippen LogP contribution is -2.45. The molecule has 1 aliphatic carbocycles. The number of likely N-dealkylation sites (tertiary alicyclic amines) is 1. The van der Waals surface area contributed by atoms with Gasteiger partial charge in [-0.2, -0.15) is 0 Å². The first-order chi connectivity index (χ1) is 9.16. The molecule has 2 atom stereocenters. The van der Waals surface area contributed by atoms with Gasteiger partial charge in [0.25, 0.3) is 0 Å². The second kappa shape index (κ2) is 7.28. The third kappa shape index (κ3) is 4.48. The summed E-state index contributed by atoms with van der Waals surface area (Å²) in [5, 5.41) is 0. The highest BCUT2D eigenvalue weighted by Crippen LogP contribution is 2.28. The van der Waals surface area contributed by atoms with Crippen molar-refractivity contribution in [3.05, 3.63) is 0 Å². The van der Waals surface area contributed by atoms with Crippen LogP contribution in [0.25, 0.3) is 0 Å². The van der Waals surface area contributed by atoms with E-state index in [4.69, 9.17) is 5.73 Å². The van der Waals surface area contributed by atoms with Gasteiger partial charge in [0, 0.05) is 25.6 Å². The predicted octanol–water partition coefficient (Wildman–Crippen LogP) is 2.93. The zero-order chi connectivity index (χ0) is 13.7. The summed E-state index contributed by atoms with van der Waals surface area (Å²) in [6.07, 6.45) is 11.0. The molecule has 2 aliphatic rings. The first-order valence-corrected chi connectivity index (χ1v) is 8.20. The molecule has 1 heterocycles. The average molecular weight is 266 g/mol. The van der Waals surface area contributed by atoms with E-state index in [1.807, 2.05) is 0 Å². The van der Waals surface area contributed by atoms with E-state index in [1.165, 1.54) is 38.5 Å². The van der Waals surface area contributed by atoms with Gasteiger partial charge in [-0.1, -0.05) is 32.1 Å². The fourth-order valence-electron chi connectivity index (χ4n) is 3.63. The summed E-state index contributed by atoms with van der Waals surface area (Å²) >= 11 is 0. The maximum Gasteiger partial charge on any atom is 0.222 e. The summed E-state index contributed by atoms with van der Waals surface area (Å²) < 4.78 is 0. The number of rotatable bonds is 4. The number of hydrogen-bond donors (Lipinski definition) is 1. The van der Waals surface area contributed by atoms with Gasteiger partial charge in [-0.15, -0.1) is 0 Å². The van der Waals surface area contributed by atoms with Crippen LogP contribution in [0.1, 0.15) is 64.7 Å². The summed E-state index contributed by atoms with van der Waals surface area (Å²) in [5.74, 6) is 1.69. The highest BCUT2D eigenvalue weighted by molar-refractivity contribution is 5.76. The molecule has 0 spiro atoms. The molecule has 1 saturated carbocycles. The Morgan fingerprint density at radius 3 is 2.63 bits per heavy atom. The van der Waals surface area contributed by atoms with Crippen LogP contribution in [0, 0.1) is 11.8 Å². The predicted molar refractivity (Wildman–Crippen MR) is 78.8 cm³/mol. The van der Waals surface area contributed by atoms with Gasteiger partial charge < -0.3 is 10.6 Å². The van der Waals surface area contributed by atoms with E-state index < -0.39 is 0 Å². The van der Waals surface area contributed by atoms with E-state index in [0.29, 0.717) is 11.8 Å². The third-order valence-corrected chi connectivity index (χ3v) is 5.05. The van der Waals surface area contributed by atoms with E-state index in [9.17, 15) is 4.79 Å². The molecule has 19 heavy (non-hydrogen) atoms. The van der Waals surface area contributed by atoms with Crippen molar-refractivity contribution in [1.29, 1.82) is 0 Å². The summed E-state index contributed by atoms with van der Waals surface area (Å²) in [7, 11) is 0. The summed E-state index contributed by atoms with van der Waals surface area (Å²) in [6.45, 7) is 3.91. The van der Waals surface area contributed by atoms with Crippen molar-refractivity contribution in [1.82, 2.24) is 4.90 Å². The molecule has 2 N–H and O–H groups in total. The molecule has 2 rings (SSSR count). The van der Waals surface area contributed by atoms with Crippen molar-refractivity contribution >= 4 is 5.91 Å². The molecule has 3 heteroatoms. The fraction of sp³-hybridized carbons (Fsp3) is 0.938. The number of nitrogens with zero attached hydrogens (tertiary/aromatic N) is 1. The molecular formula is C16H30N2O. The van der Waals surface area contributed by atoms with Crippen LogP contribution in [0.5, 0.6) is 0 Å². The van der Waals surface area contributed by atoms with Crippen molar-refractivity contribution in [2.45, 2.75) is 70.8 Å². The molecule has 0 aromatic rings. The normalized spacial score (nSPS) is 27.3. The molecule has 110 valence electrons. The summed E-state index contributed by atoms with van der Waals surface area (Å²) in [4.78, 5) is 14.4. The fourth-order valence-corrected chi connectivity index (χ4v) is 3.63. The van der Waals surface area contributed by atoms with E-state index in [2.05, 4.69) is 11.8 Å². The van der Waals surface area contributed by atoms with E-state index in [0.717, 1.165) is 38.3 Å². The Bertz CT molecular complexity index is 284. The lowest BCUT2D eigenvalue weighted by molar-refractivity contribution is -0.133. The van der Waals surface area contributed by atoms with Gasteiger partial charge in [-0.3, -0.25) is 4.79 Å². The highest BCUT2D eigenvalue weighted by atomic mass is 16.2. The summed E-state index contributed by atoms with van der Waals surface area (Å²) in [6, 6.07) is 0.217. The van der Waals surface area contributed by atoms with Crippen molar-refractivity contribution in [3.8, 4) is 0 Å². The van der Waals surface area contributed by atoms with E-state index >= 15 is 0 Å². The largest absolute Gasteiger partial charge is 0.342 e. The smallest absolute Gasteiger partial charge is 0.222 e. The Morgan fingerprint density at radius 1 is 1.21 bits per heavy atom. The maximum atomic E-state index is 12.3. The maximum absolute atomic E-state index is 12.3. The van der Waals surface area contributed by atoms with Crippen molar-refractivity contribution in [2.24, 2.45) is 17.6 Å². The first-order valence-electron chi connectivity index (χ1n) is 8.20. The number of nitrogens with two attached hydrogens (primary N) is 1. The van der Waals surface area contributed by atoms with Crippen molar-refractivity contribution < 1.29 is 4.79 Å². The molecule has 2 fully saturated rings. The van der Waals surface area contributed by atoms with Gasteiger partial charge in [0.1, 0.15) is 0 Å². The van der Waals surface area contributed by atoms with Gasteiger partial charge in [-0.25, -0.2) is 0 Å². The van der Waals surface area contributed by atoms with Crippen LogP contribution in [0.4, 0.5) is 0 Å². The summed E-state index contributed by atoms with van der Waals surface area (Å²) in [5.41, 5.74) is 5.98. The number of hydrogen-bond acceptors (Lipinski definition) is 2. The zero-order valence-electron chi connectivity index (χ0n) is 12.4. The Hall–Kier alpha value is -0.570.